The molecule has 0 saturated carbocycles. The lowest BCUT2D eigenvalue weighted by Gasteiger charge is -2.43. The quantitative estimate of drug-likeness (QED) is 0.263. The summed E-state index contributed by atoms with van der Waals surface area (Å²) in [6.07, 6.45) is 3.72. The van der Waals surface area contributed by atoms with E-state index in [1.54, 1.807) is 12.1 Å². The summed E-state index contributed by atoms with van der Waals surface area (Å²) in [5, 5.41) is 23.0. The molecule has 3 aromatic rings. The highest BCUT2D eigenvalue weighted by Crippen LogP contribution is 2.45. The Hall–Kier alpha value is -3.18. The fraction of sp³-hybridized carbons (Fsp3) is 0.167. The number of hydrogen-bond acceptors (Lipinski definition) is 3. The molecule has 1 fully saturated rings. The number of thiocarbonyl (C=S) groups is 1. The lowest BCUT2D eigenvalue weighted by Crippen LogP contribution is -2.65. The molecule has 0 amide bonds. The Kier molecular flexibility index (Phi) is 5.31. The van der Waals surface area contributed by atoms with Gasteiger partial charge in [0.25, 0.3) is 0 Å². The van der Waals surface area contributed by atoms with E-state index in [1.165, 1.54) is 12.1 Å². The van der Waals surface area contributed by atoms with Crippen molar-refractivity contribution in [2.45, 2.75) is 24.6 Å². The monoisotopic (exact) mass is 418 g/mol. The molecule has 0 radical (unpaired) electrons. The Labute approximate surface area is 179 Å². The van der Waals surface area contributed by atoms with E-state index in [2.05, 4.69) is 11.2 Å². The van der Waals surface area contributed by atoms with Gasteiger partial charge in [-0.15, -0.1) is 0 Å². The Morgan fingerprint density at radius 1 is 1.07 bits per heavy atom. The number of hydrogen-bond donors (Lipinski definition) is 3. The summed E-state index contributed by atoms with van der Waals surface area (Å²) in [6, 6.07) is 18.7. The van der Waals surface area contributed by atoms with Crippen molar-refractivity contribution >= 4 is 23.1 Å². The van der Waals surface area contributed by atoms with E-state index in [4.69, 9.17) is 17.6 Å². The van der Waals surface area contributed by atoms with Crippen LogP contribution in [0.5, 0.6) is 0 Å². The minimum Gasteiger partial charge on any atom is -0.362 e. The van der Waals surface area contributed by atoms with Gasteiger partial charge in [0.2, 0.25) is 11.8 Å². The standard InChI is InChI=1S/C24H20FN3OS/c1-16-5-9-18(10-6-16)24(29)22(28-13-3-2-4-14-28)21(20(15-26)23(30)27-24)17-7-11-19(25)12-8-17/h2-14,21-22,26,29H,1H3/p+1. The summed E-state index contributed by atoms with van der Waals surface area (Å²) in [4.78, 5) is 0.246. The summed E-state index contributed by atoms with van der Waals surface area (Å²) in [7, 11) is 0. The Bertz CT molecular complexity index is 1130. The molecule has 4 nitrogen and oxygen atoms in total. The van der Waals surface area contributed by atoms with Gasteiger partial charge in [0, 0.05) is 17.7 Å². The first-order chi connectivity index (χ1) is 14.4. The summed E-state index contributed by atoms with van der Waals surface area (Å²) in [5.74, 6) is 1.59. The van der Waals surface area contributed by atoms with Gasteiger partial charge in [0.05, 0.1) is 11.5 Å². The topological polar surface area (TPSA) is 60.0 Å². The molecule has 150 valence electrons. The van der Waals surface area contributed by atoms with Gasteiger partial charge in [-0.1, -0.05) is 60.2 Å². The molecule has 2 aromatic carbocycles. The number of rotatable bonds is 3. The SMILES string of the molecule is Cc1ccc(C2(O)NC(=S)C(=C=N)C(c3ccc(F)cc3)C2[n+]2ccccc2)cc1. The zero-order valence-electron chi connectivity index (χ0n) is 16.3. The second kappa shape index (κ2) is 7.92. The molecule has 6 heteroatoms. The van der Waals surface area contributed by atoms with E-state index in [9.17, 15) is 9.50 Å². The lowest BCUT2D eigenvalue weighted by atomic mass is 9.74. The molecule has 30 heavy (non-hydrogen) atoms. The van der Waals surface area contributed by atoms with Gasteiger partial charge in [0.15, 0.2) is 12.4 Å². The van der Waals surface area contributed by atoms with Gasteiger partial charge < -0.3 is 10.4 Å². The minimum absolute atomic E-state index is 0.246. The highest BCUT2D eigenvalue weighted by molar-refractivity contribution is 7.80. The van der Waals surface area contributed by atoms with Crippen molar-refractivity contribution in [2.75, 3.05) is 0 Å². The molecular formula is C24H21FN3OS+. The molecule has 0 bridgehead atoms. The third-order valence-electron chi connectivity index (χ3n) is 5.52. The van der Waals surface area contributed by atoms with Crippen LogP contribution in [0, 0.1) is 18.2 Å². The first kappa shape index (κ1) is 20.1. The van der Waals surface area contributed by atoms with Crippen molar-refractivity contribution in [3.63, 3.8) is 0 Å². The molecule has 1 aliphatic heterocycles. The second-order valence-electron chi connectivity index (χ2n) is 7.42. The third kappa shape index (κ3) is 3.46. The second-order valence-corrected chi connectivity index (χ2v) is 7.83. The average molecular weight is 419 g/mol. The molecule has 3 atom stereocenters. The molecule has 4 rings (SSSR count). The third-order valence-corrected chi connectivity index (χ3v) is 5.84. The van der Waals surface area contributed by atoms with Gasteiger partial charge in [0.1, 0.15) is 10.8 Å². The van der Waals surface area contributed by atoms with Gasteiger partial charge >= 0.3 is 0 Å². The molecule has 3 unspecified atom stereocenters. The first-order valence-corrected chi connectivity index (χ1v) is 9.97. The van der Waals surface area contributed by atoms with Crippen molar-refractivity contribution < 1.29 is 14.1 Å². The molecular weight excluding hydrogens is 397 g/mol. The number of aliphatic hydroxyl groups is 1. The Morgan fingerprint density at radius 2 is 1.70 bits per heavy atom. The number of piperidine rings is 1. The maximum absolute atomic E-state index is 13.6. The lowest BCUT2D eigenvalue weighted by molar-refractivity contribution is -0.743. The maximum Gasteiger partial charge on any atom is 0.227 e. The van der Waals surface area contributed by atoms with Crippen LogP contribution in [0.4, 0.5) is 4.39 Å². The van der Waals surface area contributed by atoms with Gasteiger partial charge in [-0.2, -0.15) is 4.57 Å². The van der Waals surface area contributed by atoms with Crippen LogP contribution in [0.25, 0.3) is 0 Å². The van der Waals surface area contributed by atoms with Crippen molar-refractivity contribution in [2.24, 2.45) is 0 Å². The Balaban J connectivity index is 1.98. The number of benzene rings is 2. The molecule has 0 spiro atoms. The molecule has 0 aliphatic carbocycles. The van der Waals surface area contributed by atoms with E-state index in [0.29, 0.717) is 11.1 Å². The largest absolute Gasteiger partial charge is 0.362 e. The molecule has 3 N–H and O–H groups in total. The van der Waals surface area contributed by atoms with Crippen LogP contribution in [-0.2, 0) is 5.72 Å². The van der Waals surface area contributed by atoms with Crippen LogP contribution in [0.3, 0.4) is 0 Å². The van der Waals surface area contributed by atoms with E-state index in [-0.39, 0.29) is 10.8 Å². The number of halogens is 1. The number of nitrogens with one attached hydrogen (secondary N) is 2. The molecule has 1 aliphatic rings. The first-order valence-electron chi connectivity index (χ1n) is 9.57. The van der Waals surface area contributed by atoms with Crippen LogP contribution in [0.2, 0.25) is 0 Å². The Morgan fingerprint density at radius 3 is 2.30 bits per heavy atom. The molecule has 2 heterocycles. The van der Waals surface area contributed by atoms with E-state index in [1.807, 2.05) is 66.3 Å². The van der Waals surface area contributed by atoms with Crippen molar-refractivity contribution in [1.29, 1.82) is 5.41 Å². The number of aryl methyl sites for hydroxylation is 1. The van der Waals surface area contributed by atoms with Crippen LogP contribution >= 0.6 is 12.2 Å². The average Bonchev–Trinajstić information content (AvgIpc) is 2.75. The summed E-state index contributed by atoms with van der Waals surface area (Å²) in [5.41, 5.74) is 1.33. The summed E-state index contributed by atoms with van der Waals surface area (Å²) >= 11 is 5.53. The van der Waals surface area contributed by atoms with E-state index >= 15 is 0 Å². The molecule has 1 saturated heterocycles. The van der Waals surface area contributed by atoms with Crippen molar-refractivity contribution in [3.05, 3.63) is 107 Å². The zero-order valence-corrected chi connectivity index (χ0v) is 17.2. The smallest absolute Gasteiger partial charge is 0.227 e. The minimum atomic E-state index is -1.56. The normalized spacial score (nSPS) is 23.6. The fourth-order valence-corrected chi connectivity index (χ4v) is 4.38. The maximum atomic E-state index is 13.6. The highest BCUT2D eigenvalue weighted by Gasteiger charge is 2.56. The fourth-order valence-electron chi connectivity index (χ4n) is 4.04. The van der Waals surface area contributed by atoms with Gasteiger partial charge in [-0.25, -0.2) is 4.39 Å². The zero-order chi connectivity index (χ0) is 21.3. The summed E-state index contributed by atoms with van der Waals surface area (Å²) < 4.78 is 15.5. The summed E-state index contributed by atoms with van der Waals surface area (Å²) in [6.45, 7) is 1.98. The number of nitrogens with zero attached hydrogens (tertiary/aromatic N) is 1. The predicted molar refractivity (Wildman–Crippen MR) is 117 cm³/mol. The number of pyridine rings is 1. The van der Waals surface area contributed by atoms with Crippen LogP contribution in [0.1, 0.15) is 28.7 Å². The van der Waals surface area contributed by atoms with Crippen LogP contribution in [0.15, 0.2) is 84.7 Å². The molecule has 1 aromatic heterocycles. The predicted octanol–water partition coefficient (Wildman–Crippen LogP) is 3.70. The van der Waals surface area contributed by atoms with Crippen LogP contribution in [-0.4, -0.2) is 16.0 Å². The number of aromatic nitrogens is 1. The van der Waals surface area contributed by atoms with E-state index in [0.717, 1.165) is 11.1 Å². The van der Waals surface area contributed by atoms with Crippen molar-refractivity contribution in [3.8, 4) is 0 Å². The van der Waals surface area contributed by atoms with Crippen LogP contribution < -0.4 is 9.88 Å². The van der Waals surface area contributed by atoms with Gasteiger partial charge in [-0.3, -0.25) is 5.41 Å². The highest BCUT2D eigenvalue weighted by atomic mass is 32.1. The van der Waals surface area contributed by atoms with Crippen molar-refractivity contribution in [1.82, 2.24) is 5.32 Å². The van der Waals surface area contributed by atoms with Gasteiger partial charge in [-0.05, 0) is 30.5 Å². The van der Waals surface area contributed by atoms with E-state index < -0.39 is 17.7 Å².